The number of anilines is 1. The van der Waals surface area contributed by atoms with Crippen LogP contribution in [-0.2, 0) is 0 Å². The van der Waals surface area contributed by atoms with Crippen LogP contribution in [0.1, 0.15) is 10.5 Å². The fourth-order valence-corrected chi connectivity index (χ4v) is 1.91. The van der Waals surface area contributed by atoms with Crippen LogP contribution in [0.3, 0.4) is 0 Å². The molecule has 3 N–H and O–H groups in total. The van der Waals surface area contributed by atoms with E-state index in [1.165, 1.54) is 24.3 Å². The Kier molecular flexibility index (Phi) is 3.78. The number of hydrogen-bond acceptors (Lipinski definition) is 4. The van der Waals surface area contributed by atoms with Crippen molar-refractivity contribution in [1.82, 2.24) is 20.8 Å². The molecule has 0 bridgehead atoms. The average Bonchev–Trinajstić information content (AvgIpc) is 3.04. The molecule has 0 aliphatic heterocycles. The summed E-state index contributed by atoms with van der Waals surface area (Å²) in [6, 6.07) is 14.8. The summed E-state index contributed by atoms with van der Waals surface area (Å²) in [5, 5.41) is 10.3. The number of nitrogens with zero attached hydrogens (tertiary/aromatic N) is 2. The summed E-state index contributed by atoms with van der Waals surface area (Å²) < 4.78 is 12.8. The second kappa shape index (κ2) is 6.04. The van der Waals surface area contributed by atoms with Crippen LogP contribution in [0, 0.1) is 5.82 Å². The van der Waals surface area contributed by atoms with Gasteiger partial charge in [0, 0.05) is 5.56 Å². The molecule has 0 spiro atoms. The maximum atomic E-state index is 12.8. The van der Waals surface area contributed by atoms with Gasteiger partial charge in [0.05, 0.1) is 5.69 Å². The van der Waals surface area contributed by atoms with Crippen LogP contribution < -0.4 is 10.9 Å². The minimum absolute atomic E-state index is 0.167. The van der Waals surface area contributed by atoms with Crippen molar-refractivity contribution in [3.8, 4) is 11.3 Å². The third-order valence-electron chi connectivity index (χ3n) is 2.97. The largest absolute Gasteiger partial charge is 0.298 e. The molecule has 110 valence electrons. The molecule has 0 atom stereocenters. The van der Waals surface area contributed by atoms with Gasteiger partial charge in [-0.2, -0.15) is 15.4 Å². The fraction of sp³-hybridized carbons (Fsp3) is 0. The number of hydrazine groups is 1. The van der Waals surface area contributed by atoms with Crippen LogP contribution in [-0.4, -0.2) is 21.3 Å². The first-order valence-electron chi connectivity index (χ1n) is 6.52. The smallest absolute Gasteiger partial charge is 0.292 e. The number of nitrogens with one attached hydrogen (secondary N) is 3. The lowest BCUT2D eigenvalue weighted by Gasteiger charge is -2.07. The van der Waals surface area contributed by atoms with E-state index in [-0.39, 0.29) is 11.5 Å². The van der Waals surface area contributed by atoms with Gasteiger partial charge in [-0.05, 0) is 24.3 Å². The highest BCUT2D eigenvalue weighted by Crippen LogP contribution is 2.18. The summed E-state index contributed by atoms with van der Waals surface area (Å²) >= 11 is 0. The van der Waals surface area contributed by atoms with Crippen molar-refractivity contribution >= 4 is 11.6 Å². The molecule has 3 aromatic rings. The van der Waals surface area contributed by atoms with Crippen LogP contribution in [0.5, 0.6) is 0 Å². The van der Waals surface area contributed by atoms with Crippen LogP contribution >= 0.6 is 0 Å². The minimum Gasteiger partial charge on any atom is -0.298 e. The maximum absolute atomic E-state index is 12.8. The Hall–Kier alpha value is -3.22. The molecular weight excluding hydrogens is 285 g/mol. The number of H-pyrrole nitrogens is 1. The van der Waals surface area contributed by atoms with Crippen LogP contribution in [0.2, 0.25) is 0 Å². The first kappa shape index (κ1) is 13.7. The quantitative estimate of drug-likeness (QED) is 0.646. The van der Waals surface area contributed by atoms with Crippen molar-refractivity contribution in [2.75, 3.05) is 5.43 Å². The lowest BCUT2D eigenvalue weighted by atomic mass is 10.1. The molecule has 22 heavy (non-hydrogen) atoms. The Labute approximate surface area is 125 Å². The van der Waals surface area contributed by atoms with Gasteiger partial charge in [-0.3, -0.25) is 15.6 Å². The van der Waals surface area contributed by atoms with E-state index in [4.69, 9.17) is 0 Å². The number of carbonyl (C=O) groups is 1. The predicted octanol–water partition coefficient (Wildman–Crippen LogP) is 2.37. The number of amides is 1. The molecule has 1 aromatic heterocycles. The normalized spacial score (nSPS) is 10.2. The summed E-state index contributed by atoms with van der Waals surface area (Å²) in [4.78, 5) is 12.2. The zero-order valence-corrected chi connectivity index (χ0v) is 11.4. The number of carbonyl (C=O) groups excluding carboxylic acids is 1. The molecular formula is C15H12FN5O. The summed E-state index contributed by atoms with van der Waals surface area (Å²) in [6.07, 6.45) is 0. The highest BCUT2D eigenvalue weighted by atomic mass is 19.1. The van der Waals surface area contributed by atoms with Gasteiger partial charge in [-0.15, -0.1) is 0 Å². The standard InChI is InChI=1S/C15H12FN5O/c16-11-6-8-12(9-7-11)17-20-15(22)14-13(18-21-19-14)10-4-2-1-3-5-10/h1-9,17H,(H,20,22)(H,18,19,21). The molecule has 1 heterocycles. The second-order valence-corrected chi connectivity index (χ2v) is 4.47. The van der Waals surface area contributed by atoms with E-state index in [0.717, 1.165) is 5.56 Å². The van der Waals surface area contributed by atoms with E-state index in [9.17, 15) is 9.18 Å². The highest BCUT2D eigenvalue weighted by Gasteiger charge is 2.17. The van der Waals surface area contributed by atoms with Gasteiger partial charge >= 0.3 is 0 Å². The van der Waals surface area contributed by atoms with E-state index in [1.54, 1.807) is 0 Å². The summed E-state index contributed by atoms with van der Waals surface area (Å²) in [5.74, 6) is -0.795. The molecule has 6 nitrogen and oxygen atoms in total. The summed E-state index contributed by atoms with van der Waals surface area (Å²) in [6.45, 7) is 0. The molecule has 7 heteroatoms. The van der Waals surface area contributed by atoms with E-state index >= 15 is 0 Å². The van der Waals surface area contributed by atoms with Crippen LogP contribution in [0.25, 0.3) is 11.3 Å². The molecule has 0 unspecified atom stereocenters. The lowest BCUT2D eigenvalue weighted by molar-refractivity contribution is 0.0958. The zero-order chi connectivity index (χ0) is 15.4. The van der Waals surface area contributed by atoms with E-state index in [1.807, 2.05) is 30.3 Å². The monoisotopic (exact) mass is 297 g/mol. The highest BCUT2D eigenvalue weighted by molar-refractivity contribution is 5.98. The molecule has 0 saturated carbocycles. The minimum atomic E-state index is -0.447. The van der Waals surface area contributed by atoms with Gasteiger partial charge in [0.15, 0.2) is 5.69 Å². The predicted molar refractivity (Wildman–Crippen MR) is 79.3 cm³/mol. The number of aromatic nitrogens is 3. The molecule has 3 rings (SSSR count). The first-order chi connectivity index (χ1) is 10.7. The zero-order valence-electron chi connectivity index (χ0n) is 11.4. The third kappa shape index (κ3) is 2.93. The Bertz CT molecular complexity index is 770. The van der Waals surface area contributed by atoms with Gasteiger partial charge < -0.3 is 0 Å². The summed E-state index contributed by atoms with van der Waals surface area (Å²) in [7, 11) is 0. The second-order valence-electron chi connectivity index (χ2n) is 4.47. The van der Waals surface area contributed by atoms with Crippen molar-refractivity contribution in [3.05, 3.63) is 66.1 Å². The van der Waals surface area contributed by atoms with Crippen molar-refractivity contribution < 1.29 is 9.18 Å². The van der Waals surface area contributed by atoms with Crippen molar-refractivity contribution in [1.29, 1.82) is 0 Å². The topological polar surface area (TPSA) is 82.7 Å². The molecule has 1 amide bonds. The summed E-state index contributed by atoms with van der Waals surface area (Å²) in [5.41, 5.74) is 7.15. The van der Waals surface area contributed by atoms with Gasteiger partial charge in [0.1, 0.15) is 11.5 Å². The third-order valence-corrected chi connectivity index (χ3v) is 2.97. The SMILES string of the molecule is O=C(NNc1ccc(F)cc1)c1n[nH]nc1-c1ccccc1. The van der Waals surface area contributed by atoms with Crippen molar-refractivity contribution in [2.24, 2.45) is 0 Å². The Morgan fingerprint density at radius 3 is 2.45 bits per heavy atom. The number of rotatable bonds is 4. The molecule has 0 fully saturated rings. The van der Waals surface area contributed by atoms with E-state index in [2.05, 4.69) is 26.3 Å². The van der Waals surface area contributed by atoms with E-state index < -0.39 is 5.91 Å². The number of hydrogen-bond donors (Lipinski definition) is 3. The lowest BCUT2D eigenvalue weighted by Crippen LogP contribution is -2.30. The van der Waals surface area contributed by atoms with Crippen LogP contribution in [0.4, 0.5) is 10.1 Å². The van der Waals surface area contributed by atoms with Gasteiger partial charge in [-0.25, -0.2) is 4.39 Å². The average molecular weight is 297 g/mol. The van der Waals surface area contributed by atoms with Crippen molar-refractivity contribution in [2.45, 2.75) is 0 Å². The van der Waals surface area contributed by atoms with Gasteiger partial charge in [-0.1, -0.05) is 30.3 Å². The first-order valence-corrected chi connectivity index (χ1v) is 6.52. The van der Waals surface area contributed by atoms with Gasteiger partial charge in [0.25, 0.3) is 5.91 Å². The Morgan fingerprint density at radius 1 is 1.00 bits per heavy atom. The molecule has 0 saturated heterocycles. The number of halogens is 1. The maximum Gasteiger partial charge on any atom is 0.292 e. The molecule has 0 radical (unpaired) electrons. The fourth-order valence-electron chi connectivity index (χ4n) is 1.91. The molecule has 0 aliphatic rings. The molecule has 0 aliphatic carbocycles. The number of aromatic amines is 1. The van der Waals surface area contributed by atoms with Crippen LogP contribution in [0.15, 0.2) is 54.6 Å². The van der Waals surface area contributed by atoms with E-state index in [0.29, 0.717) is 11.4 Å². The Morgan fingerprint density at radius 2 is 1.73 bits per heavy atom. The van der Waals surface area contributed by atoms with Crippen molar-refractivity contribution in [3.63, 3.8) is 0 Å². The number of benzene rings is 2. The van der Waals surface area contributed by atoms with Gasteiger partial charge in [0.2, 0.25) is 0 Å². The molecule has 2 aromatic carbocycles. The Balaban J connectivity index is 1.73.